The molecule has 5 nitrogen and oxygen atoms in total. The van der Waals surface area contributed by atoms with E-state index in [0.29, 0.717) is 12.4 Å². The van der Waals surface area contributed by atoms with E-state index in [1.165, 1.54) is 13.2 Å². The normalized spacial score (nSPS) is 11.2. The Kier molecular flexibility index (Phi) is 4.39. The van der Waals surface area contributed by atoms with Crippen LogP contribution in [-0.4, -0.2) is 22.6 Å². The highest BCUT2D eigenvalue weighted by Crippen LogP contribution is 2.20. The maximum absolute atomic E-state index is 11.7. The molecule has 0 spiro atoms. The van der Waals surface area contributed by atoms with Crippen LogP contribution in [0.2, 0.25) is 0 Å². The average Bonchev–Trinajstić information content (AvgIpc) is 2.97. The van der Waals surface area contributed by atoms with E-state index in [4.69, 9.17) is 0 Å². The van der Waals surface area contributed by atoms with Crippen LogP contribution in [0.4, 0.5) is 0 Å². The molecule has 3 rings (SSSR count). The van der Waals surface area contributed by atoms with Crippen molar-refractivity contribution in [2.24, 2.45) is 0 Å². The monoisotopic (exact) mass is 317 g/mol. The van der Waals surface area contributed by atoms with Gasteiger partial charge in [-0.05, 0) is 17.7 Å². The molecule has 0 radical (unpaired) electrons. The third kappa shape index (κ3) is 3.03. The van der Waals surface area contributed by atoms with Gasteiger partial charge in [-0.2, -0.15) is 5.26 Å². The molecular weight excluding hydrogens is 302 g/mol. The summed E-state index contributed by atoms with van der Waals surface area (Å²) in [7, 11) is 1.25. The molecule has 0 unspecified atom stereocenters. The first kappa shape index (κ1) is 15.5. The molecule has 5 heteroatoms. The molecular formula is C19H15N3O2. The lowest BCUT2D eigenvalue weighted by Gasteiger charge is -2.07. The fourth-order valence-electron chi connectivity index (χ4n) is 2.51. The highest BCUT2D eigenvalue weighted by atomic mass is 16.5. The predicted octanol–water partition coefficient (Wildman–Crippen LogP) is 3.16. The van der Waals surface area contributed by atoms with Crippen molar-refractivity contribution in [3.05, 3.63) is 71.6 Å². The highest BCUT2D eigenvalue weighted by Gasteiger charge is 2.14. The molecule has 118 valence electrons. The van der Waals surface area contributed by atoms with Gasteiger partial charge in [0, 0.05) is 12.6 Å². The number of benzene rings is 2. The number of methoxy groups -OCH3 is 1. The maximum atomic E-state index is 11.7. The Morgan fingerprint density at radius 2 is 1.92 bits per heavy atom. The largest absolute Gasteiger partial charge is 0.465 e. The second-order valence-electron chi connectivity index (χ2n) is 5.19. The number of rotatable bonds is 4. The zero-order valence-corrected chi connectivity index (χ0v) is 13.1. The molecule has 1 aromatic heterocycles. The minimum absolute atomic E-state index is 0.0814. The Bertz CT molecular complexity index is 950. The number of nitrogens with zero attached hydrogens (tertiary/aromatic N) is 3. The summed E-state index contributed by atoms with van der Waals surface area (Å²) in [4.78, 5) is 16.2. The van der Waals surface area contributed by atoms with Crippen LogP contribution in [0.3, 0.4) is 0 Å². The van der Waals surface area contributed by atoms with Gasteiger partial charge >= 0.3 is 5.97 Å². The molecule has 1 heterocycles. The molecule has 24 heavy (non-hydrogen) atoms. The van der Waals surface area contributed by atoms with Crippen LogP contribution >= 0.6 is 0 Å². The van der Waals surface area contributed by atoms with Gasteiger partial charge in [-0.1, -0.05) is 42.5 Å². The van der Waals surface area contributed by atoms with Gasteiger partial charge < -0.3 is 9.30 Å². The molecule has 2 aromatic carbocycles. The number of hydrogen-bond donors (Lipinski definition) is 0. The fraction of sp³-hybridized carbons (Fsp3) is 0.105. The van der Waals surface area contributed by atoms with E-state index in [1.54, 1.807) is 0 Å². The number of para-hydroxylation sites is 2. The van der Waals surface area contributed by atoms with Crippen molar-refractivity contribution in [3.63, 3.8) is 0 Å². The summed E-state index contributed by atoms with van der Waals surface area (Å²) in [6.45, 7) is 0.590. The number of carbonyl (C=O) groups is 1. The lowest BCUT2D eigenvalue weighted by Crippen LogP contribution is -2.06. The van der Waals surface area contributed by atoms with Crippen molar-refractivity contribution < 1.29 is 9.53 Å². The minimum Gasteiger partial charge on any atom is -0.465 e. The van der Waals surface area contributed by atoms with Gasteiger partial charge in [0.05, 0.1) is 18.1 Å². The van der Waals surface area contributed by atoms with E-state index >= 15 is 0 Å². The van der Waals surface area contributed by atoms with Gasteiger partial charge in [-0.15, -0.1) is 0 Å². The number of nitriles is 1. The van der Waals surface area contributed by atoms with Crippen LogP contribution in [0.5, 0.6) is 0 Å². The van der Waals surface area contributed by atoms with E-state index < -0.39 is 5.97 Å². The fourth-order valence-corrected chi connectivity index (χ4v) is 2.51. The number of hydrogen-bond acceptors (Lipinski definition) is 4. The maximum Gasteiger partial charge on any atom is 0.348 e. The van der Waals surface area contributed by atoms with Crippen LogP contribution in [0.15, 0.2) is 60.2 Å². The quantitative estimate of drug-likeness (QED) is 0.421. The minimum atomic E-state index is -0.671. The van der Waals surface area contributed by atoms with Gasteiger partial charge in [0.2, 0.25) is 0 Å². The van der Waals surface area contributed by atoms with Crippen molar-refractivity contribution in [2.45, 2.75) is 6.54 Å². The number of imidazole rings is 1. The Labute approximate surface area is 139 Å². The SMILES string of the molecule is COC(=O)/C(C#N)=C\c1nc2ccccc2n1Cc1ccccc1. The van der Waals surface area contributed by atoms with Crippen LogP contribution in [0.25, 0.3) is 17.1 Å². The van der Waals surface area contributed by atoms with Gasteiger partial charge in [0.15, 0.2) is 0 Å². The third-order valence-electron chi connectivity index (χ3n) is 3.67. The molecule has 3 aromatic rings. The highest BCUT2D eigenvalue weighted by molar-refractivity contribution is 5.97. The van der Waals surface area contributed by atoms with E-state index in [0.717, 1.165) is 16.6 Å². The smallest absolute Gasteiger partial charge is 0.348 e. The van der Waals surface area contributed by atoms with Crippen molar-refractivity contribution in [1.82, 2.24) is 9.55 Å². The second kappa shape index (κ2) is 6.80. The Balaban J connectivity index is 2.14. The number of ether oxygens (including phenoxy) is 1. The third-order valence-corrected chi connectivity index (χ3v) is 3.67. The summed E-state index contributed by atoms with van der Waals surface area (Å²) in [6.07, 6.45) is 1.47. The molecule has 0 saturated carbocycles. The van der Waals surface area contributed by atoms with E-state index in [-0.39, 0.29) is 5.57 Å². The summed E-state index contributed by atoms with van der Waals surface area (Å²) in [5, 5.41) is 9.19. The summed E-state index contributed by atoms with van der Waals surface area (Å²) >= 11 is 0. The number of carbonyl (C=O) groups excluding carboxylic acids is 1. The predicted molar refractivity (Wildman–Crippen MR) is 90.9 cm³/mol. The molecule has 0 N–H and O–H groups in total. The van der Waals surface area contributed by atoms with Crippen LogP contribution in [0, 0.1) is 11.3 Å². The number of aromatic nitrogens is 2. The summed E-state index contributed by atoms with van der Waals surface area (Å²) in [5.41, 5.74) is 2.77. The van der Waals surface area contributed by atoms with Gasteiger partial charge in [-0.25, -0.2) is 9.78 Å². The van der Waals surface area contributed by atoms with E-state index in [2.05, 4.69) is 9.72 Å². The number of esters is 1. The molecule has 0 aliphatic rings. The molecule has 0 aliphatic carbocycles. The molecule has 0 aliphatic heterocycles. The summed E-state index contributed by atoms with van der Waals surface area (Å²) in [6, 6.07) is 19.5. The first-order chi connectivity index (χ1) is 11.7. The molecule has 0 saturated heterocycles. The van der Waals surface area contributed by atoms with Gasteiger partial charge in [0.25, 0.3) is 0 Å². The van der Waals surface area contributed by atoms with Gasteiger partial charge in [-0.3, -0.25) is 0 Å². The van der Waals surface area contributed by atoms with Crippen molar-refractivity contribution in [1.29, 1.82) is 5.26 Å². The molecule has 0 atom stereocenters. The molecule has 0 bridgehead atoms. The lowest BCUT2D eigenvalue weighted by atomic mass is 10.2. The number of fused-ring (bicyclic) bond motifs is 1. The van der Waals surface area contributed by atoms with E-state index in [1.807, 2.05) is 65.2 Å². The zero-order valence-electron chi connectivity index (χ0n) is 13.1. The van der Waals surface area contributed by atoms with Crippen molar-refractivity contribution in [2.75, 3.05) is 7.11 Å². The molecule has 0 amide bonds. The topological polar surface area (TPSA) is 67.9 Å². The molecule has 0 fully saturated rings. The van der Waals surface area contributed by atoms with Crippen molar-refractivity contribution >= 4 is 23.1 Å². The van der Waals surface area contributed by atoms with Crippen LogP contribution in [-0.2, 0) is 16.1 Å². The Morgan fingerprint density at radius 1 is 1.21 bits per heavy atom. The first-order valence-corrected chi connectivity index (χ1v) is 7.42. The summed E-state index contributed by atoms with van der Waals surface area (Å²) in [5.74, 6) is -0.127. The second-order valence-corrected chi connectivity index (χ2v) is 5.19. The zero-order chi connectivity index (χ0) is 16.9. The van der Waals surface area contributed by atoms with Crippen LogP contribution in [0.1, 0.15) is 11.4 Å². The van der Waals surface area contributed by atoms with Gasteiger partial charge in [0.1, 0.15) is 17.5 Å². The van der Waals surface area contributed by atoms with Crippen LogP contribution < -0.4 is 0 Å². The first-order valence-electron chi connectivity index (χ1n) is 7.42. The standard InChI is InChI=1S/C19H15N3O2/c1-24-19(23)15(12-20)11-18-21-16-9-5-6-10-17(16)22(18)13-14-7-3-2-4-8-14/h2-11H,13H2,1H3/b15-11-. The van der Waals surface area contributed by atoms with E-state index in [9.17, 15) is 10.1 Å². The Hall–Kier alpha value is -3.39. The Morgan fingerprint density at radius 3 is 2.62 bits per heavy atom. The summed E-state index contributed by atoms with van der Waals surface area (Å²) < 4.78 is 6.62. The average molecular weight is 317 g/mol. The lowest BCUT2D eigenvalue weighted by molar-refractivity contribution is -0.135. The van der Waals surface area contributed by atoms with Crippen molar-refractivity contribution in [3.8, 4) is 6.07 Å².